The van der Waals surface area contributed by atoms with Gasteiger partial charge in [-0.2, -0.15) is 0 Å². The van der Waals surface area contributed by atoms with Crippen LogP contribution in [-0.4, -0.2) is 11.7 Å². The molecule has 0 radical (unpaired) electrons. The third-order valence-electron chi connectivity index (χ3n) is 3.69. The van der Waals surface area contributed by atoms with Crippen molar-refractivity contribution in [2.75, 3.05) is 5.75 Å². The van der Waals surface area contributed by atoms with Crippen molar-refractivity contribution in [3.63, 3.8) is 0 Å². The van der Waals surface area contributed by atoms with Crippen LogP contribution in [0.1, 0.15) is 37.4 Å². The van der Waals surface area contributed by atoms with Gasteiger partial charge < -0.3 is 5.32 Å². The van der Waals surface area contributed by atoms with Crippen LogP contribution in [-0.2, 0) is 10.5 Å². The molecular weight excluding hydrogens is 321 g/mol. The molecule has 1 atom stereocenters. The molecule has 2 rings (SSSR count). The minimum atomic E-state index is -0.215. The number of thioether (sulfide) groups is 1. The summed E-state index contributed by atoms with van der Waals surface area (Å²) >= 11 is 1.43. The van der Waals surface area contributed by atoms with E-state index in [1.54, 1.807) is 12.1 Å². The Bertz CT molecular complexity index is 645. The molecule has 0 saturated heterocycles. The fourth-order valence-electron chi connectivity index (χ4n) is 2.54. The lowest BCUT2D eigenvalue weighted by Gasteiger charge is -2.21. The highest BCUT2D eigenvalue weighted by atomic mass is 32.2. The van der Waals surface area contributed by atoms with Crippen molar-refractivity contribution in [3.8, 4) is 0 Å². The number of carbonyl (C=O) groups is 1. The lowest BCUT2D eigenvalue weighted by Crippen LogP contribution is -2.30. The van der Waals surface area contributed by atoms with E-state index in [-0.39, 0.29) is 17.8 Å². The number of carbonyl (C=O) groups excluding carboxylic acids is 1. The average molecular weight is 345 g/mol. The Kier molecular flexibility index (Phi) is 7.32. The maximum Gasteiger partial charge on any atom is 0.230 e. The Morgan fingerprint density at radius 3 is 2.42 bits per heavy atom. The predicted molar refractivity (Wildman–Crippen MR) is 99.3 cm³/mol. The van der Waals surface area contributed by atoms with Crippen LogP contribution in [0, 0.1) is 11.7 Å². The normalized spacial score (nSPS) is 12.2. The summed E-state index contributed by atoms with van der Waals surface area (Å²) in [6, 6.07) is 16.7. The van der Waals surface area contributed by atoms with Gasteiger partial charge in [0.15, 0.2) is 0 Å². The zero-order valence-electron chi connectivity index (χ0n) is 14.2. The number of amides is 1. The summed E-state index contributed by atoms with van der Waals surface area (Å²) in [6.07, 6.45) is 0.897. The van der Waals surface area contributed by atoms with Gasteiger partial charge in [-0.05, 0) is 29.5 Å². The first-order valence-corrected chi connectivity index (χ1v) is 9.37. The van der Waals surface area contributed by atoms with E-state index in [1.807, 2.05) is 36.4 Å². The molecular formula is C20H24FNOS. The molecule has 2 nitrogen and oxygen atoms in total. The van der Waals surface area contributed by atoms with Crippen LogP contribution in [0.2, 0.25) is 0 Å². The van der Waals surface area contributed by atoms with E-state index in [9.17, 15) is 9.18 Å². The predicted octanol–water partition coefficient (Wildman–Crippen LogP) is 4.96. The summed E-state index contributed by atoms with van der Waals surface area (Å²) in [5.41, 5.74) is 1.76. The van der Waals surface area contributed by atoms with Crippen molar-refractivity contribution < 1.29 is 9.18 Å². The summed E-state index contributed by atoms with van der Waals surface area (Å²) in [6.45, 7) is 4.30. The highest BCUT2D eigenvalue weighted by molar-refractivity contribution is 7.99. The first kappa shape index (κ1) is 18.5. The zero-order valence-corrected chi connectivity index (χ0v) is 15.0. The maximum atomic E-state index is 13.6. The molecule has 4 heteroatoms. The van der Waals surface area contributed by atoms with Crippen LogP contribution in [0.4, 0.5) is 4.39 Å². The number of hydrogen-bond donors (Lipinski definition) is 1. The highest BCUT2D eigenvalue weighted by Crippen LogP contribution is 2.22. The third-order valence-corrected chi connectivity index (χ3v) is 4.67. The second kappa shape index (κ2) is 9.48. The second-order valence-corrected chi connectivity index (χ2v) is 7.23. The fourth-order valence-corrected chi connectivity index (χ4v) is 3.37. The van der Waals surface area contributed by atoms with E-state index in [0.29, 0.717) is 23.0 Å². The Hall–Kier alpha value is -1.81. The molecule has 1 unspecified atom stereocenters. The molecule has 0 saturated carbocycles. The number of halogens is 1. The lowest BCUT2D eigenvalue weighted by molar-refractivity contribution is -0.119. The lowest BCUT2D eigenvalue weighted by atomic mass is 9.97. The van der Waals surface area contributed by atoms with Crippen LogP contribution >= 0.6 is 11.8 Å². The molecule has 0 aliphatic heterocycles. The topological polar surface area (TPSA) is 29.1 Å². The average Bonchev–Trinajstić information content (AvgIpc) is 2.56. The van der Waals surface area contributed by atoms with E-state index in [1.165, 1.54) is 17.8 Å². The molecule has 0 fully saturated rings. The molecule has 1 N–H and O–H groups in total. The minimum absolute atomic E-state index is 0.00848. The summed E-state index contributed by atoms with van der Waals surface area (Å²) in [7, 11) is 0. The molecule has 0 bridgehead atoms. The van der Waals surface area contributed by atoms with Gasteiger partial charge in [-0.3, -0.25) is 4.79 Å². The van der Waals surface area contributed by atoms with Gasteiger partial charge in [0.25, 0.3) is 0 Å². The molecule has 2 aromatic carbocycles. The Balaban J connectivity index is 1.87. The van der Waals surface area contributed by atoms with Crippen molar-refractivity contribution in [1.29, 1.82) is 0 Å². The van der Waals surface area contributed by atoms with Gasteiger partial charge in [0.05, 0.1) is 11.8 Å². The fraction of sp³-hybridized carbons (Fsp3) is 0.350. The number of nitrogens with one attached hydrogen (secondary N) is 1. The number of benzene rings is 2. The largest absolute Gasteiger partial charge is 0.349 e. The van der Waals surface area contributed by atoms with Gasteiger partial charge in [-0.25, -0.2) is 4.39 Å². The Morgan fingerprint density at radius 1 is 1.08 bits per heavy atom. The third kappa shape index (κ3) is 6.00. The van der Waals surface area contributed by atoms with Crippen LogP contribution in [0.25, 0.3) is 0 Å². The standard InChI is InChI=1S/C20H24FNOS/c1-15(2)12-19(16-8-4-3-5-9-16)22-20(23)14-24-13-17-10-6-7-11-18(17)21/h3-11,15,19H,12-14H2,1-2H3,(H,22,23). The quantitative estimate of drug-likeness (QED) is 0.732. The zero-order chi connectivity index (χ0) is 17.4. The molecule has 0 aliphatic rings. The van der Waals surface area contributed by atoms with Gasteiger partial charge in [0.1, 0.15) is 5.82 Å². The molecule has 0 aliphatic carbocycles. The number of rotatable bonds is 8. The van der Waals surface area contributed by atoms with Gasteiger partial charge >= 0.3 is 0 Å². The van der Waals surface area contributed by atoms with Crippen molar-refractivity contribution >= 4 is 17.7 Å². The van der Waals surface area contributed by atoms with Crippen molar-refractivity contribution in [3.05, 3.63) is 71.5 Å². The SMILES string of the molecule is CC(C)CC(NC(=O)CSCc1ccccc1F)c1ccccc1. The molecule has 1 amide bonds. The molecule has 24 heavy (non-hydrogen) atoms. The van der Waals surface area contributed by atoms with Gasteiger partial charge in [0.2, 0.25) is 5.91 Å². The number of hydrogen-bond acceptors (Lipinski definition) is 2. The summed E-state index contributed by atoms with van der Waals surface area (Å²) in [5.74, 6) is 1.09. The molecule has 128 valence electrons. The first-order chi connectivity index (χ1) is 11.6. The molecule has 0 heterocycles. The van der Waals surface area contributed by atoms with Gasteiger partial charge in [-0.1, -0.05) is 62.4 Å². The van der Waals surface area contributed by atoms with Crippen LogP contribution in [0.3, 0.4) is 0 Å². The summed E-state index contributed by atoms with van der Waals surface area (Å²) in [4.78, 5) is 12.3. The first-order valence-electron chi connectivity index (χ1n) is 8.21. The minimum Gasteiger partial charge on any atom is -0.349 e. The van der Waals surface area contributed by atoms with Crippen LogP contribution in [0.15, 0.2) is 54.6 Å². The molecule has 0 aromatic heterocycles. The monoisotopic (exact) mass is 345 g/mol. The molecule has 2 aromatic rings. The van der Waals surface area contributed by atoms with E-state index >= 15 is 0 Å². The van der Waals surface area contributed by atoms with E-state index < -0.39 is 0 Å². The van der Waals surface area contributed by atoms with Gasteiger partial charge in [-0.15, -0.1) is 11.8 Å². The van der Waals surface area contributed by atoms with E-state index in [4.69, 9.17) is 0 Å². The van der Waals surface area contributed by atoms with Crippen LogP contribution < -0.4 is 5.32 Å². The van der Waals surface area contributed by atoms with Gasteiger partial charge in [0, 0.05) is 5.75 Å². The van der Waals surface area contributed by atoms with Crippen molar-refractivity contribution in [2.45, 2.75) is 32.1 Å². The van der Waals surface area contributed by atoms with E-state index in [2.05, 4.69) is 19.2 Å². The summed E-state index contributed by atoms with van der Waals surface area (Å²) < 4.78 is 13.6. The highest BCUT2D eigenvalue weighted by Gasteiger charge is 2.16. The van der Waals surface area contributed by atoms with Crippen molar-refractivity contribution in [2.24, 2.45) is 5.92 Å². The second-order valence-electron chi connectivity index (χ2n) is 6.24. The van der Waals surface area contributed by atoms with Crippen LogP contribution in [0.5, 0.6) is 0 Å². The Labute approximate surface area is 147 Å². The van der Waals surface area contributed by atoms with E-state index in [0.717, 1.165) is 12.0 Å². The summed E-state index contributed by atoms with van der Waals surface area (Å²) in [5, 5.41) is 3.11. The van der Waals surface area contributed by atoms with Crippen molar-refractivity contribution in [1.82, 2.24) is 5.32 Å². The maximum absolute atomic E-state index is 13.6. The smallest absolute Gasteiger partial charge is 0.230 e. The molecule has 0 spiro atoms. The Morgan fingerprint density at radius 2 is 1.75 bits per heavy atom.